The Morgan fingerprint density at radius 2 is 1.46 bits per heavy atom. The van der Waals surface area contributed by atoms with Crippen LogP contribution in [0, 0.1) is 23.7 Å². The van der Waals surface area contributed by atoms with E-state index < -0.39 is 102 Å². The molecule has 0 aromatic carbocycles. The third-order valence-corrected chi connectivity index (χ3v) is 11.8. The van der Waals surface area contributed by atoms with E-state index in [0.717, 1.165) is 27.9 Å². The van der Waals surface area contributed by atoms with Crippen molar-refractivity contribution in [2.24, 2.45) is 23.7 Å². The zero-order valence-electron chi connectivity index (χ0n) is 35.4. The van der Waals surface area contributed by atoms with Crippen LogP contribution in [0.3, 0.4) is 0 Å². The van der Waals surface area contributed by atoms with Crippen molar-refractivity contribution in [2.75, 3.05) is 33.8 Å². The van der Waals surface area contributed by atoms with Crippen LogP contribution in [-0.4, -0.2) is 144 Å². The number of hydrazine groups is 2. The maximum Gasteiger partial charge on any atom is 0.328 e. The van der Waals surface area contributed by atoms with Crippen LogP contribution in [0.15, 0.2) is 0 Å². The highest BCUT2D eigenvalue weighted by molar-refractivity contribution is 5.96. The Hall–Kier alpha value is -3.87. The van der Waals surface area contributed by atoms with Crippen LogP contribution in [0.1, 0.15) is 100 Å². The summed E-state index contributed by atoms with van der Waals surface area (Å²) in [6, 6.07) is -6.08. The van der Waals surface area contributed by atoms with E-state index in [-0.39, 0.29) is 12.5 Å². The van der Waals surface area contributed by atoms with E-state index in [4.69, 9.17) is 14.3 Å². The number of ether oxygens (including phenoxy) is 2. The molecule has 0 aromatic heterocycles. The maximum atomic E-state index is 14.9. The van der Waals surface area contributed by atoms with Crippen LogP contribution in [0.25, 0.3) is 0 Å². The zero-order valence-corrected chi connectivity index (χ0v) is 35.4. The fourth-order valence-corrected chi connectivity index (χ4v) is 8.16. The summed E-state index contributed by atoms with van der Waals surface area (Å²) in [6.07, 6.45) is 2.32. The fourth-order valence-electron chi connectivity index (χ4n) is 8.16. The van der Waals surface area contributed by atoms with E-state index in [1.807, 2.05) is 6.92 Å². The number of hydroxylamine groups is 2. The second-order valence-corrected chi connectivity index (χ2v) is 16.7. The summed E-state index contributed by atoms with van der Waals surface area (Å²) in [7, 11) is 2.65. The summed E-state index contributed by atoms with van der Waals surface area (Å²) < 4.78 is 12.5. The molecule has 0 bridgehead atoms. The van der Waals surface area contributed by atoms with Gasteiger partial charge in [-0.2, -0.15) is 0 Å². The molecular weight excluding hydrogens is 740 g/mol. The minimum absolute atomic E-state index is 0.0684. The molecule has 4 aliphatic rings. The van der Waals surface area contributed by atoms with E-state index in [1.54, 1.807) is 20.8 Å². The van der Waals surface area contributed by atoms with Crippen molar-refractivity contribution in [1.82, 2.24) is 41.5 Å². The van der Waals surface area contributed by atoms with Crippen LogP contribution in [0.2, 0.25) is 0 Å². The van der Waals surface area contributed by atoms with Gasteiger partial charge in [0.2, 0.25) is 17.7 Å². The number of amides is 6. The first-order valence-electron chi connectivity index (χ1n) is 20.6. The molecule has 4 heterocycles. The van der Waals surface area contributed by atoms with Gasteiger partial charge in [0.05, 0.1) is 31.8 Å². The van der Waals surface area contributed by atoms with Crippen molar-refractivity contribution >= 4 is 41.4 Å². The van der Waals surface area contributed by atoms with Gasteiger partial charge in [0.1, 0.15) is 36.3 Å². The minimum atomic E-state index is -1.48. The summed E-state index contributed by atoms with van der Waals surface area (Å²) in [5.74, 6) is -5.02. The monoisotopic (exact) mass is 806 g/mol. The Kier molecular flexibility index (Phi) is 16.2. The third-order valence-electron chi connectivity index (χ3n) is 11.8. The van der Waals surface area contributed by atoms with Gasteiger partial charge in [-0.15, -0.1) is 0 Å². The number of fused-ring (bicyclic) bond motifs is 2. The molecule has 18 nitrogen and oxygen atoms in total. The molecule has 4 rings (SSSR count). The summed E-state index contributed by atoms with van der Waals surface area (Å²) in [6.45, 7) is 14.7. The molecule has 4 saturated heterocycles. The highest BCUT2D eigenvalue weighted by atomic mass is 16.7. The quantitative estimate of drug-likeness (QED) is 0.262. The van der Waals surface area contributed by atoms with Gasteiger partial charge >= 0.3 is 5.97 Å². The first-order valence-corrected chi connectivity index (χ1v) is 20.6. The number of carbonyl (C=O) groups excluding carboxylic acids is 7. The smallest absolute Gasteiger partial charge is 0.328 e. The molecule has 10 unspecified atom stereocenters. The van der Waals surface area contributed by atoms with Crippen molar-refractivity contribution in [3.05, 3.63) is 0 Å². The largest absolute Gasteiger partial charge is 0.458 e. The van der Waals surface area contributed by atoms with Gasteiger partial charge in [-0.1, -0.05) is 34.6 Å². The Labute approximate surface area is 336 Å². The van der Waals surface area contributed by atoms with Gasteiger partial charge in [0.25, 0.3) is 17.7 Å². The van der Waals surface area contributed by atoms with E-state index in [0.29, 0.717) is 50.6 Å². The van der Waals surface area contributed by atoms with Crippen molar-refractivity contribution in [3.8, 4) is 0 Å². The predicted molar refractivity (Wildman–Crippen MR) is 207 cm³/mol. The first-order chi connectivity index (χ1) is 26.9. The van der Waals surface area contributed by atoms with Gasteiger partial charge in [0.15, 0.2) is 0 Å². The fraction of sp³-hybridized carbons (Fsp3) is 0.821. The van der Waals surface area contributed by atoms with Gasteiger partial charge < -0.3 is 25.0 Å². The lowest BCUT2D eigenvalue weighted by molar-refractivity contribution is -0.198. The third kappa shape index (κ3) is 10.8. The van der Waals surface area contributed by atoms with Crippen LogP contribution in [0.5, 0.6) is 0 Å². The molecule has 0 saturated carbocycles. The lowest BCUT2D eigenvalue weighted by atomic mass is 9.83. The molecule has 6 amide bonds. The molecule has 18 heteroatoms. The Bertz CT molecular complexity index is 1480. The van der Waals surface area contributed by atoms with Crippen molar-refractivity contribution in [3.63, 3.8) is 0 Å². The molecule has 4 N–H and O–H groups in total. The number of likely N-dealkylation sites (N-methyl/N-ethyl adjacent to an activating group) is 1. The summed E-state index contributed by atoms with van der Waals surface area (Å²) in [4.78, 5) is 105. The van der Waals surface area contributed by atoms with Crippen LogP contribution >= 0.6 is 0 Å². The molecular formula is C39H66N8O10. The number of carbonyl (C=O) groups is 7. The number of hydrogen-bond acceptors (Lipinski definition) is 12. The van der Waals surface area contributed by atoms with Crippen LogP contribution < -0.4 is 21.5 Å². The number of rotatable bonds is 7. The molecule has 4 fully saturated rings. The second kappa shape index (κ2) is 20.2. The van der Waals surface area contributed by atoms with E-state index >= 15 is 0 Å². The van der Waals surface area contributed by atoms with Gasteiger partial charge in [-0.3, -0.25) is 43.6 Å². The number of nitrogens with zero attached hydrogens (tertiary/aromatic N) is 4. The SMILES string of the molecule is CON1C(=O)C2CCCNN2C(=O)C(NC(=O)C(C)C2CCC(CC(C)C)C(C)O2)C(C(C)C)OC(=O)C(C)N(C)C(=O)C2CCCNN2C(=O)CNC(=O)C1C. The van der Waals surface area contributed by atoms with E-state index in [9.17, 15) is 33.6 Å². The minimum Gasteiger partial charge on any atom is -0.458 e. The number of nitrogens with one attached hydrogen (secondary N) is 4. The highest BCUT2D eigenvalue weighted by Gasteiger charge is 2.47. The molecule has 57 heavy (non-hydrogen) atoms. The summed E-state index contributed by atoms with van der Waals surface area (Å²) in [5.41, 5.74) is 5.94. The van der Waals surface area contributed by atoms with Crippen molar-refractivity contribution in [1.29, 1.82) is 0 Å². The van der Waals surface area contributed by atoms with Crippen LogP contribution in [-0.2, 0) is 47.9 Å². The molecule has 322 valence electrons. The molecule has 10 atom stereocenters. The Morgan fingerprint density at radius 1 is 0.842 bits per heavy atom. The number of cyclic esters (lactones) is 1. The predicted octanol–water partition coefficient (Wildman–Crippen LogP) is 0.651. The van der Waals surface area contributed by atoms with Gasteiger partial charge in [0, 0.05) is 20.1 Å². The number of hydrogen-bond donors (Lipinski definition) is 4. The molecule has 0 aliphatic carbocycles. The summed E-state index contributed by atoms with van der Waals surface area (Å²) in [5, 5.41) is 8.56. The van der Waals surface area contributed by atoms with Crippen molar-refractivity contribution < 1.29 is 47.9 Å². The van der Waals surface area contributed by atoms with Gasteiger partial charge in [-0.05, 0) is 83.5 Å². The average molecular weight is 807 g/mol. The standard InChI is InChI=1S/C39H66N8O10/c1-21(2)19-27-15-16-30(56-26(27)8)23(5)34(49)43-32-33(22(3)4)57-39(54)25(7)44(9)36(51)28-13-11-17-41-45(28)31(48)20-40-35(50)24(6)47(55-10)37(52)29-14-12-18-42-46(29)38(32)53/h21-30,32-33,41-42H,11-20H2,1-10H3,(H,40,50)(H,43,49). The highest BCUT2D eigenvalue weighted by Crippen LogP contribution is 2.33. The van der Waals surface area contributed by atoms with Crippen molar-refractivity contribution in [2.45, 2.75) is 149 Å². The second-order valence-electron chi connectivity index (χ2n) is 16.7. The summed E-state index contributed by atoms with van der Waals surface area (Å²) >= 11 is 0. The lowest BCUT2D eigenvalue weighted by Crippen LogP contribution is -2.67. The molecule has 4 aliphatic heterocycles. The Balaban J connectivity index is 1.73. The first kappa shape index (κ1) is 45.8. The topological polar surface area (TPSA) is 208 Å². The van der Waals surface area contributed by atoms with E-state index in [2.05, 4.69) is 35.3 Å². The molecule has 0 aromatic rings. The maximum absolute atomic E-state index is 14.9. The zero-order chi connectivity index (χ0) is 42.3. The normalized spacial score (nSPS) is 32.5. The molecule has 0 radical (unpaired) electrons. The van der Waals surface area contributed by atoms with Gasteiger partial charge in [-0.25, -0.2) is 20.7 Å². The average Bonchev–Trinajstić information content (AvgIpc) is 3.19. The van der Waals surface area contributed by atoms with Crippen LogP contribution in [0.4, 0.5) is 0 Å². The number of esters is 1. The lowest BCUT2D eigenvalue weighted by Gasteiger charge is -2.42. The van der Waals surface area contributed by atoms with E-state index in [1.165, 1.54) is 32.9 Å². The Morgan fingerprint density at radius 3 is 2.04 bits per heavy atom. The molecule has 0 spiro atoms.